The summed E-state index contributed by atoms with van der Waals surface area (Å²) in [7, 11) is 1.92. The molecule has 4 heteroatoms. The number of hydrogen-bond acceptors (Lipinski definition) is 2. The SMILES string of the molecule is Cc1cccc(NC(C)c2nccn2C)c1F. The second-order valence-corrected chi connectivity index (χ2v) is 4.20. The Labute approximate surface area is 100 Å². The van der Waals surface area contributed by atoms with E-state index >= 15 is 0 Å². The zero-order valence-corrected chi connectivity index (χ0v) is 10.2. The van der Waals surface area contributed by atoms with Gasteiger partial charge in [0.2, 0.25) is 0 Å². The van der Waals surface area contributed by atoms with Crippen molar-refractivity contribution in [3.63, 3.8) is 0 Å². The van der Waals surface area contributed by atoms with Crippen molar-refractivity contribution < 1.29 is 4.39 Å². The van der Waals surface area contributed by atoms with E-state index in [1.54, 1.807) is 25.3 Å². The summed E-state index contributed by atoms with van der Waals surface area (Å²) in [6.45, 7) is 3.72. The van der Waals surface area contributed by atoms with Gasteiger partial charge in [-0.3, -0.25) is 0 Å². The van der Waals surface area contributed by atoms with Crippen LogP contribution in [0.5, 0.6) is 0 Å². The minimum absolute atomic E-state index is 0.0358. The topological polar surface area (TPSA) is 29.9 Å². The minimum atomic E-state index is -0.200. The fourth-order valence-corrected chi connectivity index (χ4v) is 1.85. The van der Waals surface area contributed by atoms with Gasteiger partial charge in [0.25, 0.3) is 0 Å². The maximum Gasteiger partial charge on any atom is 0.149 e. The molecule has 0 saturated heterocycles. The molecule has 0 fully saturated rings. The van der Waals surface area contributed by atoms with Crippen LogP contribution in [0, 0.1) is 12.7 Å². The number of nitrogens with zero attached hydrogens (tertiary/aromatic N) is 2. The van der Waals surface area contributed by atoms with Crippen molar-refractivity contribution in [2.45, 2.75) is 19.9 Å². The number of hydrogen-bond donors (Lipinski definition) is 1. The van der Waals surface area contributed by atoms with Crippen molar-refractivity contribution in [2.24, 2.45) is 7.05 Å². The Balaban J connectivity index is 2.22. The van der Waals surface area contributed by atoms with Gasteiger partial charge in [0.05, 0.1) is 11.7 Å². The van der Waals surface area contributed by atoms with Gasteiger partial charge in [-0.1, -0.05) is 12.1 Å². The van der Waals surface area contributed by atoms with E-state index in [0.717, 1.165) is 5.82 Å². The lowest BCUT2D eigenvalue weighted by Gasteiger charge is -2.16. The van der Waals surface area contributed by atoms with Crippen LogP contribution in [0.4, 0.5) is 10.1 Å². The van der Waals surface area contributed by atoms with E-state index in [0.29, 0.717) is 11.3 Å². The first-order chi connectivity index (χ1) is 8.09. The molecule has 90 valence electrons. The fraction of sp³-hybridized carbons (Fsp3) is 0.308. The van der Waals surface area contributed by atoms with Crippen molar-refractivity contribution in [3.05, 3.63) is 47.8 Å². The molecule has 2 aromatic rings. The molecule has 2 rings (SSSR count). The van der Waals surface area contributed by atoms with Crippen molar-refractivity contribution in [2.75, 3.05) is 5.32 Å². The summed E-state index contributed by atoms with van der Waals surface area (Å²) < 4.78 is 15.7. The summed E-state index contributed by atoms with van der Waals surface area (Å²) in [5.74, 6) is 0.680. The van der Waals surface area contributed by atoms with E-state index in [4.69, 9.17) is 0 Å². The summed E-state index contributed by atoms with van der Waals surface area (Å²) in [4.78, 5) is 4.24. The molecule has 0 radical (unpaired) electrons. The van der Waals surface area contributed by atoms with Gasteiger partial charge in [-0.25, -0.2) is 9.37 Å². The zero-order chi connectivity index (χ0) is 12.4. The Bertz CT molecular complexity index is 519. The average Bonchev–Trinajstić information content (AvgIpc) is 2.71. The number of aromatic nitrogens is 2. The van der Waals surface area contributed by atoms with Gasteiger partial charge in [-0.15, -0.1) is 0 Å². The molecule has 0 aliphatic carbocycles. The van der Waals surface area contributed by atoms with Crippen molar-refractivity contribution in [1.82, 2.24) is 9.55 Å². The Morgan fingerprint density at radius 1 is 1.41 bits per heavy atom. The number of rotatable bonds is 3. The largest absolute Gasteiger partial charge is 0.373 e. The fourth-order valence-electron chi connectivity index (χ4n) is 1.85. The molecule has 1 aromatic carbocycles. The van der Waals surface area contributed by atoms with E-state index < -0.39 is 0 Å². The highest BCUT2D eigenvalue weighted by atomic mass is 19.1. The molecule has 1 N–H and O–H groups in total. The van der Waals surface area contributed by atoms with Crippen LogP contribution in [0.2, 0.25) is 0 Å². The highest BCUT2D eigenvalue weighted by Gasteiger charge is 2.12. The lowest BCUT2D eigenvalue weighted by molar-refractivity contribution is 0.615. The predicted molar refractivity (Wildman–Crippen MR) is 66.4 cm³/mol. The number of benzene rings is 1. The summed E-state index contributed by atoms with van der Waals surface area (Å²) in [6, 6.07) is 5.30. The van der Waals surface area contributed by atoms with Crippen LogP contribution >= 0.6 is 0 Å². The highest BCUT2D eigenvalue weighted by Crippen LogP contribution is 2.22. The lowest BCUT2D eigenvalue weighted by atomic mass is 10.2. The maximum absolute atomic E-state index is 13.8. The van der Waals surface area contributed by atoms with Crippen LogP contribution in [0.3, 0.4) is 0 Å². The van der Waals surface area contributed by atoms with Gasteiger partial charge in [0, 0.05) is 19.4 Å². The predicted octanol–water partition coefficient (Wildman–Crippen LogP) is 3.04. The highest BCUT2D eigenvalue weighted by molar-refractivity contribution is 5.48. The van der Waals surface area contributed by atoms with E-state index in [-0.39, 0.29) is 11.9 Å². The number of aryl methyl sites for hydroxylation is 2. The molecule has 0 saturated carbocycles. The van der Waals surface area contributed by atoms with Crippen LogP contribution in [-0.2, 0) is 7.05 Å². The molecule has 1 unspecified atom stereocenters. The smallest absolute Gasteiger partial charge is 0.149 e. The van der Waals surface area contributed by atoms with Gasteiger partial charge in [0.1, 0.15) is 11.6 Å². The van der Waals surface area contributed by atoms with E-state index in [2.05, 4.69) is 10.3 Å². The standard InChI is InChI=1S/C13H16FN3/c1-9-5-4-6-11(12(9)14)16-10(2)13-15-7-8-17(13)3/h4-8,10,16H,1-3H3. The van der Waals surface area contributed by atoms with Crippen LogP contribution in [0.1, 0.15) is 24.4 Å². The Morgan fingerprint density at radius 2 is 2.18 bits per heavy atom. The van der Waals surface area contributed by atoms with Crippen molar-refractivity contribution in [3.8, 4) is 0 Å². The Kier molecular flexibility index (Phi) is 3.13. The molecule has 3 nitrogen and oxygen atoms in total. The van der Waals surface area contributed by atoms with Crippen molar-refractivity contribution >= 4 is 5.69 Å². The maximum atomic E-state index is 13.8. The molecule has 0 aliphatic heterocycles. The van der Waals surface area contributed by atoms with Gasteiger partial charge in [0.15, 0.2) is 0 Å². The van der Waals surface area contributed by atoms with Crippen LogP contribution in [0.15, 0.2) is 30.6 Å². The third-order valence-corrected chi connectivity index (χ3v) is 2.81. The second-order valence-electron chi connectivity index (χ2n) is 4.20. The molecule has 0 amide bonds. The van der Waals surface area contributed by atoms with E-state index in [1.807, 2.05) is 30.8 Å². The van der Waals surface area contributed by atoms with E-state index in [1.165, 1.54) is 0 Å². The first-order valence-corrected chi connectivity index (χ1v) is 5.58. The number of anilines is 1. The van der Waals surface area contributed by atoms with Gasteiger partial charge in [-0.05, 0) is 25.5 Å². The molecular formula is C13H16FN3. The Morgan fingerprint density at radius 3 is 2.82 bits per heavy atom. The zero-order valence-electron chi connectivity index (χ0n) is 10.2. The molecule has 1 atom stereocenters. The molecule has 0 bridgehead atoms. The third-order valence-electron chi connectivity index (χ3n) is 2.81. The average molecular weight is 233 g/mol. The number of halogens is 1. The summed E-state index contributed by atoms with van der Waals surface area (Å²) in [5.41, 5.74) is 1.16. The molecule has 0 aliphatic rings. The second kappa shape index (κ2) is 4.57. The van der Waals surface area contributed by atoms with Crippen LogP contribution < -0.4 is 5.32 Å². The quantitative estimate of drug-likeness (QED) is 0.883. The summed E-state index contributed by atoms with van der Waals surface area (Å²) in [5, 5.41) is 3.14. The molecule has 17 heavy (non-hydrogen) atoms. The Hall–Kier alpha value is -1.84. The van der Waals surface area contributed by atoms with Crippen LogP contribution in [0.25, 0.3) is 0 Å². The molecular weight excluding hydrogens is 217 g/mol. The minimum Gasteiger partial charge on any atom is -0.373 e. The van der Waals surface area contributed by atoms with Gasteiger partial charge < -0.3 is 9.88 Å². The first kappa shape index (κ1) is 11.6. The third kappa shape index (κ3) is 2.30. The van der Waals surface area contributed by atoms with Crippen LogP contribution in [-0.4, -0.2) is 9.55 Å². The molecule has 1 heterocycles. The van der Waals surface area contributed by atoms with Crippen molar-refractivity contribution in [1.29, 1.82) is 0 Å². The first-order valence-electron chi connectivity index (χ1n) is 5.58. The normalized spacial score (nSPS) is 12.5. The molecule has 1 aromatic heterocycles. The summed E-state index contributed by atoms with van der Waals surface area (Å²) in [6.07, 6.45) is 3.61. The number of nitrogens with one attached hydrogen (secondary N) is 1. The number of imidazole rings is 1. The monoisotopic (exact) mass is 233 g/mol. The van der Waals surface area contributed by atoms with E-state index in [9.17, 15) is 4.39 Å². The lowest BCUT2D eigenvalue weighted by Crippen LogP contribution is -2.13. The van der Waals surface area contributed by atoms with Gasteiger partial charge in [-0.2, -0.15) is 0 Å². The molecule has 0 spiro atoms. The summed E-state index contributed by atoms with van der Waals surface area (Å²) >= 11 is 0. The van der Waals surface area contributed by atoms with Gasteiger partial charge >= 0.3 is 0 Å².